The summed E-state index contributed by atoms with van der Waals surface area (Å²) < 4.78 is 0. The van der Waals surface area contributed by atoms with Crippen LogP contribution in [0, 0.1) is 6.92 Å². The first-order chi connectivity index (χ1) is 13.0. The van der Waals surface area contributed by atoms with Crippen LogP contribution in [0.15, 0.2) is 53.5 Å². The number of amides is 1. The summed E-state index contributed by atoms with van der Waals surface area (Å²) in [4.78, 5) is 18.7. The second-order valence-electron chi connectivity index (χ2n) is 6.38. The number of nitrogens with one attached hydrogen (secondary N) is 2. The van der Waals surface area contributed by atoms with Crippen LogP contribution in [0.25, 0.3) is 0 Å². The van der Waals surface area contributed by atoms with E-state index in [1.807, 2.05) is 14.0 Å². The van der Waals surface area contributed by atoms with Gasteiger partial charge in [0.1, 0.15) is 5.75 Å². The van der Waals surface area contributed by atoms with Gasteiger partial charge in [0.25, 0.3) is 5.91 Å². The Labute approximate surface area is 160 Å². The van der Waals surface area contributed by atoms with Crippen LogP contribution in [0.4, 0.5) is 0 Å². The van der Waals surface area contributed by atoms with Gasteiger partial charge < -0.3 is 20.6 Å². The maximum Gasteiger partial charge on any atom is 0.251 e. The fraction of sp³-hybridized carbons (Fsp3) is 0.333. The molecule has 2 rings (SSSR count). The molecule has 6 nitrogen and oxygen atoms in total. The number of hydrogen-bond donors (Lipinski definition) is 3. The highest BCUT2D eigenvalue weighted by Gasteiger charge is 2.07. The summed E-state index contributed by atoms with van der Waals surface area (Å²) in [7, 11) is 2.00. The van der Waals surface area contributed by atoms with E-state index in [1.165, 1.54) is 23.3 Å². The zero-order valence-electron chi connectivity index (χ0n) is 16.2. The minimum absolute atomic E-state index is 0.142. The summed E-state index contributed by atoms with van der Waals surface area (Å²) in [5.41, 5.74) is 2.97. The molecular weight excluding hydrogens is 340 g/mol. The van der Waals surface area contributed by atoms with Crippen molar-refractivity contribution in [3.8, 4) is 5.75 Å². The van der Waals surface area contributed by atoms with Crippen LogP contribution in [0.5, 0.6) is 5.75 Å². The molecule has 0 aliphatic carbocycles. The molecule has 0 bridgehead atoms. The molecule has 2 aromatic rings. The number of carbonyl (C=O) groups excluding carboxylic acids is 1. The molecule has 6 heteroatoms. The molecular formula is C21H28N4O2. The molecule has 0 fully saturated rings. The fourth-order valence-corrected chi connectivity index (χ4v) is 2.56. The topological polar surface area (TPSA) is 77.0 Å². The quantitative estimate of drug-likeness (QED) is 0.399. The van der Waals surface area contributed by atoms with Crippen LogP contribution < -0.4 is 10.6 Å². The van der Waals surface area contributed by atoms with Crippen molar-refractivity contribution in [1.29, 1.82) is 0 Å². The molecule has 2 aromatic carbocycles. The standard InChI is InChI=1S/C21H28N4O2/c1-4-22-21(25(3)15-17-7-5-16(2)6-8-17)24-14-13-23-20(27)18-9-11-19(26)12-10-18/h5-12,26H,4,13-15H2,1-3H3,(H,22,24)(H,23,27). The number of carbonyl (C=O) groups is 1. The first-order valence-electron chi connectivity index (χ1n) is 9.12. The van der Waals surface area contributed by atoms with E-state index in [2.05, 4.69) is 51.7 Å². The van der Waals surface area contributed by atoms with Gasteiger partial charge in [0, 0.05) is 32.2 Å². The van der Waals surface area contributed by atoms with Gasteiger partial charge in [-0.1, -0.05) is 29.8 Å². The molecule has 1 amide bonds. The second-order valence-corrected chi connectivity index (χ2v) is 6.38. The maximum absolute atomic E-state index is 12.1. The molecule has 0 saturated heterocycles. The van der Waals surface area contributed by atoms with Gasteiger partial charge in [-0.3, -0.25) is 9.79 Å². The summed E-state index contributed by atoms with van der Waals surface area (Å²) in [5, 5.41) is 15.4. The van der Waals surface area contributed by atoms with E-state index in [9.17, 15) is 9.90 Å². The Balaban J connectivity index is 1.87. The summed E-state index contributed by atoms with van der Waals surface area (Å²) >= 11 is 0. The number of phenols is 1. The van der Waals surface area contributed by atoms with Crippen molar-refractivity contribution in [3.05, 3.63) is 65.2 Å². The normalized spacial score (nSPS) is 11.1. The average molecular weight is 368 g/mol. The summed E-state index contributed by atoms with van der Waals surface area (Å²) in [6.45, 7) is 6.55. The number of rotatable bonds is 7. The van der Waals surface area contributed by atoms with E-state index in [4.69, 9.17) is 0 Å². The maximum atomic E-state index is 12.1. The number of benzene rings is 2. The van der Waals surface area contributed by atoms with Gasteiger partial charge in [-0.2, -0.15) is 0 Å². The van der Waals surface area contributed by atoms with E-state index in [1.54, 1.807) is 12.1 Å². The van der Waals surface area contributed by atoms with E-state index < -0.39 is 0 Å². The zero-order chi connectivity index (χ0) is 19.6. The number of phenolic OH excluding ortho intramolecular Hbond substituents is 1. The minimum atomic E-state index is -0.178. The Kier molecular flexibility index (Phi) is 7.67. The van der Waals surface area contributed by atoms with E-state index in [0.717, 1.165) is 19.0 Å². The molecule has 0 heterocycles. The van der Waals surface area contributed by atoms with Crippen molar-refractivity contribution in [2.75, 3.05) is 26.7 Å². The van der Waals surface area contributed by atoms with E-state index >= 15 is 0 Å². The molecule has 0 aliphatic rings. The Morgan fingerprint density at radius 3 is 2.37 bits per heavy atom. The number of aliphatic imine (C=N–C) groups is 1. The number of nitrogens with zero attached hydrogens (tertiary/aromatic N) is 2. The highest BCUT2D eigenvalue weighted by molar-refractivity contribution is 5.94. The van der Waals surface area contributed by atoms with Crippen LogP contribution in [-0.2, 0) is 6.54 Å². The lowest BCUT2D eigenvalue weighted by Crippen LogP contribution is -2.39. The third-order valence-electron chi connectivity index (χ3n) is 4.03. The predicted octanol–water partition coefficient (Wildman–Crippen LogP) is 2.53. The first kappa shape index (κ1) is 20.3. The van der Waals surface area contributed by atoms with Gasteiger partial charge in [-0.25, -0.2) is 0 Å². The monoisotopic (exact) mass is 368 g/mol. The zero-order valence-corrected chi connectivity index (χ0v) is 16.2. The molecule has 0 aliphatic heterocycles. The van der Waals surface area contributed by atoms with Gasteiger partial charge in [-0.05, 0) is 43.7 Å². The summed E-state index contributed by atoms with van der Waals surface area (Å²) in [6.07, 6.45) is 0. The van der Waals surface area contributed by atoms with Gasteiger partial charge in [0.2, 0.25) is 0 Å². The first-order valence-corrected chi connectivity index (χ1v) is 9.12. The van der Waals surface area contributed by atoms with Crippen LogP contribution in [0.2, 0.25) is 0 Å². The summed E-state index contributed by atoms with van der Waals surface area (Å²) in [5.74, 6) is 0.767. The van der Waals surface area contributed by atoms with Crippen LogP contribution in [0.1, 0.15) is 28.4 Å². The number of aromatic hydroxyl groups is 1. The van der Waals surface area contributed by atoms with Crippen molar-refractivity contribution in [3.63, 3.8) is 0 Å². The fourth-order valence-electron chi connectivity index (χ4n) is 2.56. The highest BCUT2D eigenvalue weighted by atomic mass is 16.3. The van der Waals surface area contributed by atoms with E-state index in [-0.39, 0.29) is 11.7 Å². The third-order valence-corrected chi connectivity index (χ3v) is 4.03. The molecule has 144 valence electrons. The lowest BCUT2D eigenvalue weighted by atomic mass is 10.1. The van der Waals surface area contributed by atoms with Crippen LogP contribution >= 0.6 is 0 Å². The SMILES string of the molecule is CCNC(=NCCNC(=O)c1ccc(O)cc1)N(C)Cc1ccc(C)cc1. The molecule has 27 heavy (non-hydrogen) atoms. The van der Waals surface area contributed by atoms with Gasteiger partial charge in [0.05, 0.1) is 6.54 Å². The molecule has 0 radical (unpaired) electrons. The molecule has 0 atom stereocenters. The Bertz CT molecular complexity index is 755. The minimum Gasteiger partial charge on any atom is -0.508 e. The highest BCUT2D eigenvalue weighted by Crippen LogP contribution is 2.09. The smallest absolute Gasteiger partial charge is 0.251 e. The van der Waals surface area contributed by atoms with Crippen LogP contribution in [-0.4, -0.2) is 48.6 Å². The lowest BCUT2D eigenvalue weighted by Gasteiger charge is -2.22. The molecule has 3 N–H and O–H groups in total. The van der Waals surface area contributed by atoms with Gasteiger partial charge in [-0.15, -0.1) is 0 Å². The van der Waals surface area contributed by atoms with Crippen LogP contribution in [0.3, 0.4) is 0 Å². The molecule has 0 saturated carbocycles. The van der Waals surface area contributed by atoms with Crippen molar-refractivity contribution in [2.45, 2.75) is 20.4 Å². The molecule has 0 unspecified atom stereocenters. The Hall–Kier alpha value is -3.02. The van der Waals surface area contributed by atoms with Crippen molar-refractivity contribution in [2.24, 2.45) is 4.99 Å². The second kappa shape index (κ2) is 10.2. The Morgan fingerprint density at radius 2 is 1.74 bits per heavy atom. The predicted molar refractivity (Wildman–Crippen MR) is 109 cm³/mol. The lowest BCUT2D eigenvalue weighted by molar-refractivity contribution is 0.0955. The number of aryl methyl sites for hydroxylation is 1. The molecule has 0 aromatic heterocycles. The Morgan fingerprint density at radius 1 is 1.07 bits per heavy atom. The van der Waals surface area contributed by atoms with Gasteiger partial charge >= 0.3 is 0 Å². The van der Waals surface area contributed by atoms with E-state index in [0.29, 0.717) is 18.7 Å². The molecule has 0 spiro atoms. The van der Waals surface area contributed by atoms with Crippen molar-refractivity contribution in [1.82, 2.24) is 15.5 Å². The van der Waals surface area contributed by atoms with Crippen molar-refractivity contribution >= 4 is 11.9 Å². The largest absolute Gasteiger partial charge is 0.508 e. The van der Waals surface area contributed by atoms with Gasteiger partial charge in [0.15, 0.2) is 5.96 Å². The number of hydrogen-bond acceptors (Lipinski definition) is 3. The summed E-state index contributed by atoms with van der Waals surface area (Å²) in [6, 6.07) is 14.6. The third kappa shape index (κ3) is 6.66. The average Bonchev–Trinajstić information content (AvgIpc) is 2.66. The number of guanidine groups is 1. The van der Waals surface area contributed by atoms with Crippen molar-refractivity contribution < 1.29 is 9.90 Å².